The SMILES string of the molecule is CCCc1cccc2c3c([nH]c12)CCCC3. The zero-order valence-electron chi connectivity index (χ0n) is 9.97. The van der Waals surface area contributed by atoms with E-state index in [4.69, 9.17) is 0 Å². The van der Waals surface area contributed by atoms with Crippen molar-refractivity contribution in [3.63, 3.8) is 0 Å². The lowest BCUT2D eigenvalue weighted by Gasteiger charge is -2.10. The lowest BCUT2D eigenvalue weighted by molar-refractivity contribution is 0.680. The molecule has 1 N–H and O–H groups in total. The van der Waals surface area contributed by atoms with Crippen LogP contribution in [0.3, 0.4) is 0 Å². The molecule has 0 saturated heterocycles. The van der Waals surface area contributed by atoms with Crippen LogP contribution >= 0.6 is 0 Å². The number of benzene rings is 1. The van der Waals surface area contributed by atoms with E-state index < -0.39 is 0 Å². The van der Waals surface area contributed by atoms with Gasteiger partial charge in [0.1, 0.15) is 0 Å². The van der Waals surface area contributed by atoms with Crippen molar-refractivity contribution in [2.75, 3.05) is 0 Å². The number of hydrogen-bond donors (Lipinski definition) is 1. The molecular formula is C15H19N. The van der Waals surface area contributed by atoms with Crippen molar-refractivity contribution < 1.29 is 0 Å². The summed E-state index contributed by atoms with van der Waals surface area (Å²) in [6, 6.07) is 6.78. The largest absolute Gasteiger partial charge is 0.358 e. The summed E-state index contributed by atoms with van der Waals surface area (Å²) < 4.78 is 0. The summed E-state index contributed by atoms with van der Waals surface area (Å²) in [5, 5.41) is 1.49. The standard InChI is InChI=1S/C15H19N/c1-2-6-11-7-5-9-13-12-8-3-4-10-14(12)16-15(11)13/h5,7,9,16H,2-4,6,8,10H2,1H3. The molecule has 0 radical (unpaired) electrons. The molecule has 1 heterocycles. The molecule has 2 aromatic rings. The molecule has 1 aliphatic rings. The Morgan fingerprint density at radius 3 is 2.94 bits per heavy atom. The Labute approximate surface area is 96.9 Å². The molecule has 1 aromatic heterocycles. The quantitative estimate of drug-likeness (QED) is 0.776. The van der Waals surface area contributed by atoms with Gasteiger partial charge in [-0.05, 0) is 43.2 Å². The van der Waals surface area contributed by atoms with Gasteiger partial charge in [0.2, 0.25) is 0 Å². The van der Waals surface area contributed by atoms with Gasteiger partial charge < -0.3 is 4.98 Å². The van der Waals surface area contributed by atoms with E-state index in [0.29, 0.717) is 0 Å². The average Bonchev–Trinajstić information content (AvgIpc) is 2.69. The van der Waals surface area contributed by atoms with Crippen molar-refractivity contribution in [2.24, 2.45) is 0 Å². The van der Waals surface area contributed by atoms with Crippen molar-refractivity contribution in [3.8, 4) is 0 Å². The first-order valence-corrected chi connectivity index (χ1v) is 6.51. The molecule has 1 aliphatic carbocycles. The normalized spacial score (nSPS) is 15.3. The van der Waals surface area contributed by atoms with Crippen LogP contribution in [-0.2, 0) is 19.3 Å². The highest BCUT2D eigenvalue weighted by Gasteiger charge is 2.16. The van der Waals surface area contributed by atoms with E-state index in [1.54, 1.807) is 5.56 Å². The fraction of sp³-hybridized carbons (Fsp3) is 0.467. The highest BCUT2D eigenvalue weighted by molar-refractivity contribution is 5.87. The van der Waals surface area contributed by atoms with Gasteiger partial charge in [-0.1, -0.05) is 31.5 Å². The van der Waals surface area contributed by atoms with Crippen molar-refractivity contribution in [1.82, 2.24) is 4.98 Å². The Bertz CT molecular complexity index is 507. The van der Waals surface area contributed by atoms with Gasteiger partial charge in [0.05, 0.1) is 0 Å². The highest BCUT2D eigenvalue weighted by Crippen LogP contribution is 2.30. The van der Waals surface area contributed by atoms with Gasteiger partial charge in [-0.2, -0.15) is 0 Å². The molecule has 0 bridgehead atoms. The number of aromatic amines is 1. The van der Waals surface area contributed by atoms with E-state index in [1.807, 2.05) is 0 Å². The van der Waals surface area contributed by atoms with Gasteiger partial charge in [-0.3, -0.25) is 0 Å². The third kappa shape index (κ3) is 1.46. The highest BCUT2D eigenvalue weighted by atomic mass is 14.7. The van der Waals surface area contributed by atoms with Crippen LogP contribution in [0.25, 0.3) is 10.9 Å². The second-order valence-corrected chi connectivity index (χ2v) is 4.88. The number of fused-ring (bicyclic) bond motifs is 3. The van der Waals surface area contributed by atoms with Gasteiger partial charge in [-0.25, -0.2) is 0 Å². The Balaban J connectivity index is 2.21. The van der Waals surface area contributed by atoms with Crippen LogP contribution in [0.1, 0.15) is 43.0 Å². The molecule has 0 amide bonds. The van der Waals surface area contributed by atoms with E-state index in [9.17, 15) is 0 Å². The maximum Gasteiger partial charge on any atom is 0.0491 e. The van der Waals surface area contributed by atoms with Gasteiger partial charge in [0, 0.05) is 16.6 Å². The topological polar surface area (TPSA) is 15.8 Å². The van der Waals surface area contributed by atoms with E-state index in [0.717, 1.165) is 0 Å². The van der Waals surface area contributed by atoms with Crippen LogP contribution in [0.5, 0.6) is 0 Å². The van der Waals surface area contributed by atoms with Crippen molar-refractivity contribution in [2.45, 2.75) is 45.4 Å². The number of rotatable bonds is 2. The molecule has 0 spiro atoms. The fourth-order valence-electron chi connectivity index (χ4n) is 2.97. The third-order valence-corrected chi connectivity index (χ3v) is 3.74. The summed E-state index contributed by atoms with van der Waals surface area (Å²) >= 11 is 0. The van der Waals surface area contributed by atoms with Gasteiger partial charge in [0.25, 0.3) is 0 Å². The van der Waals surface area contributed by atoms with Crippen molar-refractivity contribution in [3.05, 3.63) is 35.0 Å². The maximum atomic E-state index is 3.67. The molecule has 0 aliphatic heterocycles. The van der Waals surface area contributed by atoms with Crippen LogP contribution in [0.2, 0.25) is 0 Å². The summed E-state index contributed by atoms with van der Waals surface area (Å²) in [5.41, 5.74) is 6.01. The Morgan fingerprint density at radius 2 is 2.06 bits per heavy atom. The fourth-order valence-corrected chi connectivity index (χ4v) is 2.97. The summed E-state index contributed by atoms with van der Waals surface area (Å²) in [6.45, 7) is 2.25. The van der Waals surface area contributed by atoms with E-state index >= 15 is 0 Å². The third-order valence-electron chi connectivity index (χ3n) is 3.74. The second kappa shape index (κ2) is 3.97. The van der Waals surface area contributed by atoms with Crippen LogP contribution in [0.4, 0.5) is 0 Å². The smallest absolute Gasteiger partial charge is 0.0491 e. The second-order valence-electron chi connectivity index (χ2n) is 4.88. The number of nitrogens with one attached hydrogen (secondary N) is 1. The first kappa shape index (κ1) is 9.95. The zero-order valence-corrected chi connectivity index (χ0v) is 9.97. The molecule has 1 aromatic carbocycles. The van der Waals surface area contributed by atoms with Gasteiger partial charge in [-0.15, -0.1) is 0 Å². The first-order chi connectivity index (χ1) is 7.90. The minimum absolute atomic E-state index is 1.19. The molecule has 3 rings (SSSR count). The molecule has 16 heavy (non-hydrogen) atoms. The van der Waals surface area contributed by atoms with E-state index in [-0.39, 0.29) is 0 Å². The molecule has 0 unspecified atom stereocenters. The van der Waals surface area contributed by atoms with Crippen molar-refractivity contribution >= 4 is 10.9 Å². The summed E-state index contributed by atoms with van der Waals surface area (Å²) in [7, 11) is 0. The Morgan fingerprint density at radius 1 is 1.19 bits per heavy atom. The zero-order chi connectivity index (χ0) is 11.0. The van der Waals surface area contributed by atoms with Crippen molar-refractivity contribution in [1.29, 1.82) is 0 Å². The molecule has 84 valence electrons. The predicted molar refractivity (Wildman–Crippen MR) is 68.9 cm³/mol. The number of H-pyrrole nitrogens is 1. The number of para-hydroxylation sites is 1. The van der Waals surface area contributed by atoms with Crippen LogP contribution in [0.15, 0.2) is 18.2 Å². The first-order valence-electron chi connectivity index (χ1n) is 6.51. The number of aryl methyl sites for hydroxylation is 3. The monoisotopic (exact) mass is 213 g/mol. The lowest BCUT2D eigenvalue weighted by Crippen LogP contribution is -1.99. The summed E-state index contributed by atoms with van der Waals surface area (Å²) in [4.78, 5) is 3.67. The predicted octanol–water partition coefficient (Wildman–Crippen LogP) is 4.00. The van der Waals surface area contributed by atoms with E-state index in [1.165, 1.54) is 60.7 Å². The van der Waals surface area contributed by atoms with E-state index in [2.05, 4.69) is 30.1 Å². The lowest BCUT2D eigenvalue weighted by atomic mass is 9.95. The summed E-state index contributed by atoms with van der Waals surface area (Å²) in [5.74, 6) is 0. The molecule has 1 heteroatoms. The minimum atomic E-state index is 1.19. The Kier molecular flexibility index (Phi) is 2.47. The van der Waals surface area contributed by atoms with Gasteiger partial charge in [0.15, 0.2) is 0 Å². The average molecular weight is 213 g/mol. The molecular weight excluding hydrogens is 194 g/mol. The molecule has 1 nitrogen and oxygen atoms in total. The number of hydrogen-bond acceptors (Lipinski definition) is 0. The molecule has 0 fully saturated rings. The Hall–Kier alpha value is -1.24. The van der Waals surface area contributed by atoms with Gasteiger partial charge >= 0.3 is 0 Å². The minimum Gasteiger partial charge on any atom is -0.358 e. The molecule has 0 atom stereocenters. The number of aromatic nitrogens is 1. The van der Waals surface area contributed by atoms with Crippen LogP contribution in [-0.4, -0.2) is 4.98 Å². The van der Waals surface area contributed by atoms with Crippen LogP contribution < -0.4 is 0 Å². The van der Waals surface area contributed by atoms with Crippen LogP contribution in [0, 0.1) is 0 Å². The summed E-state index contributed by atoms with van der Waals surface area (Å²) in [6.07, 6.45) is 7.64. The molecule has 0 saturated carbocycles. The maximum absolute atomic E-state index is 3.67.